The van der Waals surface area contributed by atoms with Crippen LogP contribution in [-0.4, -0.2) is 47.5 Å². The molecular weight excluding hydrogens is 335 g/mol. The molecule has 6 heteroatoms. The fourth-order valence-corrected chi connectivity index (χ4v) is 3.77. The summed E-state index contributed by atoms with van der Waals surface area (Å²) >= 11 is 0. The Morgan fingerprint density at radius 3 is 2.69 bits per heavy atom. The first-order valence-corrected chi connectivity index (χ1v) is 9.51. The molecule has 3 rings (SSSR count). The molecule has 0 bridgehead atoms. The van der Waals surface area contributed by atoms with Crippen molar-refractivity contribution in [2.75, 3.05) is 19.7 Å². The topological polar surface area (TPSA) is 49.9 Å². The van der Waals surface area contributed by atoms with Crippen molar-refractivity contribution in [2.24, 2.45) is 5.92 Å². The van der Waals surface area contributed by atoms with Crippen LogP contribution in [0.4, 0.5) is 9.18 Å². The number of piperidine rings is 1. The number of likely N-dealkylation sites (tertiary alicyclic amines) is 1. The van der Waals surface area contributed by atoms with Crippen molar-refractivity contribution < 1.29 is 18.7 Å². The van der Waals surface area contributed by atoms with E-state index in [-0.39, 0.29) is 35.8 Å². The van der Waals surface area contributed by atoms with Crippen molar-refractivity contribution in [3.05, 3.63) is 35.6 Å². The summed E-state index contributed by atoms with van der Waals surface area (Å²) in [6.07, 6.45) is 3.09. The summed E-state index contributed by atoms with van der Waals surface area (Å²) in [7, 11) is 0. The number of hydrogen-bond acceptors (Lipinski definition) is 3. The number of amides is 2. The highest BCUT2D eigenvalue weighted by Gasteiger charge is 2.41. The second-order valence-electron chi connectivity index (χ2n) is 7.16. The Labute approximate surface area is 154 Å². The Balaban J connectivity index is 1.75. The van der Waals surface area contributed by atoms with Gasteiger partial charge in [-0.25, -0.2) is 9.18 Å². The maximum Gasteiger partial charge on any atom is 0.409 e. The lowest BCUT2D eigenvalue weighted by atomic mass is 9.95. The van der Waals surface area contributed by atoms with E-state index in [4.69, 9.17) is 4.74 Å². The van der Waals surface area contributed by atoms with Gasteiger partial charge in [-0.05, 0) is 45.6 Å². The molecule has 1 aliphatic carbocycles. The van der Waals surface area contributed by atoms with E-state index in [2.05, 4.69) is 0 Å². The largest absolute Gasteiger partial charge is 0.450 e. The lowest BCUT2D eigenvalue weighted by molar-refractivity contribution is -0.140. The standard InChI is InChI=1S/C20H27FN2O3/c1-3-26-20(25)22-12-6-7-15(13-22)19(24)23(16-10-11-16)14(2)17-8-4-5-9-18(17)21/h4-5,8-9,14-16H,3,6-7,10-13H2,1-2H3. The van der Waals surface area contributed by atoms with E-state index >= 15 is 0 Å². The monoisotopic (exact) mass is 362 g/mol. The van der Waals surface area contributed by atoms with Gasteiger partial charge in [0.1, 0.15) is 5.82 Å². The van der Waals surface area contributed by atoms with Gasteiger partial charge in [-0.3, -0.25) is 4.79 Å². The van der Waals surface area contributed by atoms with E-state index in [9.17, 15) is 14.0 Å². The SMILES string of the molecule is CCOC(=O)N1CCCC(C(=O)N(C2CC2)C(C)c2ccccc2F)C1. The third-order valence-electron chi connectivity index (χ3n) is 5.26. The van der Waals surface area contributed by atoms with Crippen LogP contribution in [0.5, 0.6) is 0 Å². The van der Waals surface area contributed by atoms with Crippen LogP contribution < -0.4 is 0 Å². The fraction of sp³-hybridized carbons (Fsp3) is 0.600. The Kier molecular flexibility index (Phi) is 5.79. The van der Waals surface area contributed by atoms with Crippen molar-refractivity contribution in [3.63, 3.8) is 0 Å². The average molecular weight is 362 g/mol. The molecule has 2 unspecified atom stereocenters. The summed E-state index contributed by atoms with van der Waals surface area (Å²) in [5, 5.41) is 0. The second-order valence-corrected chi connectivity index (χ2v) is 7.16. The first-order valence-electron chi connectivity index (χ1n) is 9.51. The van der Waals surface area contributed by atoms with Gasteiger partial charge in [0.05, 0.1) is 18.6 Å². The Bertz CT molecular complexity index is 662. The number of benzene rings is 1. The number of rotatable bonds is 5. The number of halogens is 1. The molecule has 1 aromatic carbocycles. The minimum absolute atomic E-state index is 0.0252. The molecule has 2 atom stereocenters. The first-order chi connectivity index (χ1) is 12.5. The maximum atomic E-state index is 14.2. The van der Waals surface area contributed by atoms with Gasteiger partial charge in [0.2, 0.25) is 5.91 Å². The van der Waals surface area contributed by atoms with E-state index in [1.807, 2.05) is 11.8 Å². The highest BCUT2D eigenvalue weighted by atomic mass is 19.1. The summed E-state index contributed by atoms with van der Waals surface area (Å²) in [6, 6.07) is 6.50. The quantitative estimate of drug-likeness (QED) is 0.802. The molecule has 2 aliphatic rings. The molecule has 1 aromatic rings. The van der Waals surface area contributed by atoms with Crippen molar-refractivity contribution in [1.82, 2.24) is 9.80 Å². The molecular formula is C20H27FN2O3. The van der Waals surface area contributed by atoms with Crippen LogP contribution in [-0.2, 0) is 9.53 Å². The molecule has 1 heterocycles. The van der Waals surface area contributed by atoms with E-state index in [1.165, 1.54) is 6.07 Å². The van der Waals surface area contributed by atoms with Crippen LogP contribution in [0.3, 0.4) is 0 Å². The van der Waals surface area contributed by atoms with Crippen LogP contribution in [0, 0.1) is 11.7 Å². The van der Waals surface area contributed by atoms with Crippen LogP contribution >= 0.6 is 0 Å². The molecule has 2 fully saturated rings. The minimum Gasteiger partial charge on any atom is -0.450 e. The highest BCUT2D eigenvalue weighted by Crippen LogP contribution is 2.37. The smallest absolute Gasteiger partial charge is 0.409 e. The average Bonchev–Trinajstić information content (AvgIpc) is 3.47. The zero-order valence-corrected chi connectivity index (χ0v) is 15.5. The molecule has 142 valence electrons. The first kappa shape index (κ1) is 18.7. The van der Waals surface area contributed by atoms with Gasteiger partial charge in [-0.2, -0.15) is 0 Å². The molecule has 0 radical (unpaired) electrons. The third kappa shape index (κ3) is 4.00. The molecule has 0 aromatic heterocycles. The molecule has 5 nitrogen and oxygen atoms in total. The molecule has 0 spiro atoms. The van der Waals surface area contributed by atoms with Gasteiger partial charge in [-0.1, -0.05) is 18.2 Å². The summed E-state index contributed by atoms with van der Waals surface area (Å²) in [6.45, 7) is 4.99. The molecule has 1 saturated heterocycles. The van der Waals surface area contributed by atoms with Gasteiger partial charge >= 0.3 is 6.09 Å². The fourth-order valence-electron chi connectivity index (χ4n) is 3.77. The summed E-state index contributed by atoms with van der Waals surface area (Å²) in [4.78, 5) is 28.7. The third-order valence-corrected chi connectivity index (χ3v) is 5.26. The van der Waals surface area contributed by atoms with Gasteiger partial charge in [0.15, 0.2) is 0 Å². The summed E-state index contributed by atoms with van der Waals surface area (Å²) < 4.78 is 19.3. The summed E-state index contributed by atoms with van der Waals surface area (Å²) in [5.41, 5.74) is 0.547. The van der Waals surface area contributed by atoms with Gasteiger partial charge < -0.3 is 14.5 Å². The predicted octanol–water partition coefficient (Wildman–Crippen LogP) is 3.75. The van der Waals surface area contributed by atoms with Gasteiger partial charge in [0, 0.05) is 24.7 Å². The highest BCUT2D eigenvalue weighted by molar-refractivity contribution is 5.81. The number of hydrogen-bond donors (Lipinski definition) is 0. The molecule has 2 amide bonds. The van der Waals surface area contributed by atoms with Crippen molar-refractivity contribution in [1.29, 1.82) is 0 Å². The van der Waals surface area contributed by atoms with Crippen molar-refractivity contribution >= 4 is 12.0 Å². The molecule has 0 N–H and O–H groups in total. The Morgan fingerprint density at radius 2 is 2.04 bits per heavy atom. The second kappa shape index (κ2) is 8.06. The van der Waals surface area contributed by atoms with Gasteiger partial charge in [0.25, 0.3) is 0 Å². The van der Waals surface area contributed by atoms with Crippen molar-refractivity contribution in [2.45, 2.75) is 51.6 Å². The Morgan fingerprint density at radius 1 is 1.31 bits per heavy atom. The van der Waals surface area contributed by atoms with Crippen LogP contribution in [0.2, 0.25) is 0 Å². The number of nitrogens with zero attached hydrogens (tertiary/aromatic N) is 2. The minimum atomic E-state index is -0.356. The number of ether oxygens (including phenoxy) is 1. The normalized spacial score (nSPS) is 21.2. The van der Waals surface area contributed by atoms with E-state index in [1.54, 1.807) is 30.0 Å². The maximum absolute atomic E-state index is 14.2. The van der Waals surface area contributed by atoms with Crippen LogP contribution in [0.25, 0.3) is 0 Å². The predicted molar refractivity (Wildman–Crippen MR) is 96.0 cm³/mol. The molecule has 26 heavy (non-hydrogen) atoms. The van der Waals surface area contributed by atoms with Crippen molar-refractivity contribution in [3.8, 4) is 0 Å². The number of carbonyl (C=O) groups excluding carboxylic acids is 2. The van der Waals surface area contributed by atoms with Crippen LogP contribution in [0.1, 0.15) is 51.1 Å². The molecule has 1 saturated carbocycles. The zero-order chi connectivity index (χ0) is 18.7. The summed E-state index contributed by atoms with van der Waals surface area (Å²) in [5.74, 6) is -0.504. The zero-order valence-electron chi connectivity index (χ0n) is 15.5. The van der Waals surface area contributed by atoms with E-state index in [0.29, 0.717) is 25.3 Å². The number of carbonyl (C=O) groups is 2. The molecule has 1 aliphatic heterocycles. The van der Waals surface area contributed by atoms with E-state index < -0.39 is 0 Å². The van der Waals surface area contributed by atoms with E-state index in [0.717, 1.165) is 25.7 Å². The van der Waals surface area contributed by atoms with Gasteiger partial charge in [-0.15, -0.1) is 0 Å². The lowest BCUT2D eigenvalue weighted by Gasteiger charge is -2.37. The lowest BCUT2D eigenvalue weighted by Crippen LogP contribution is -2.48. The Hall–Kier alpha value is -2.11. The van der Waals surface area contributed by atoms with Crippen LogP contribution in [0.15, 0.2) is 24.3 Å².